The molecule has 0 aliphatic carbocycles. The second-order valence-electron chi connectivity index (χ2n) is 7.35. The van der Waals surface area contributed by atoms with Gasteiger partial charge in [-0.3, -0.25) is 9.69 Å². The second-order valence-corrected chi connectivity index (χ2v) is 7.35. The van der Waals surface area contributed by atoms with Gasteiger partial charge in [0, 0.05) is 30.1 Å². The standard InChI is InChI=1S/C22H21FN2O/c23-21-8-4-7-19(20(21)13-24)22(26)16-11-17-9-10-18(12-16)25(17)14-15-5-2-1-3-6-15/h1-8,16-18H,9-12,14H2. The SMILES string of the molecule is N#Cc1c(F)cccc1C(=O)C1CC2CCC(C1)N2Cc1ccccc1. The van der Waals surface area contributed by atoms with E-state index < -0.39 is 5.82 Å². The molecule has 0 N–H and O–H groups in total. The van der Waals surface area contributed by atoms with E-state index >= 15 is 0 Å². The van der Waals surface area contributed by atoms with Crippen molar-refractivity contribution in [2.24, 2.45) is 5.92 Å². The Hall–Kier alpha value is -2.51. The van der Waals surface area contributed by atoms with Crippen molar-refractivity contribution in [2.45, 2.75) is 44.3 Å². The number of benzene rings is 2. The van der Waals surface area contributed by atoms with E-state index in [1.54, 1.807) is 6.07 Å². The van der Waals surface area contributed by atoms with Gasteiger partial charge in [-0.1, -0.05) is 36.4 Å². The van der Waals surface area contributed by atoms with E-state index in [-0.39, 0.29) is 22.8 Å². The van der Waals surface area contributed by atoms with Crippen LogP contribution in [0.3, 0.4) is 0 Å². The third kappa shape index (κ3) is 3.04. The molecule has 132 valence electrons. The molecule has 2 aliphatic rings. The van der Waals surface area contributed by atoms with Gasteiger partial charge in [0.25, 0.3) is 0 Å². The van der Waals surface area contributed by atoms with Gasteiger partial charge in [0.1, 0.15) is 11.9 Å². The largest absolute Gasteiger partial charge is 0.294 e. The molecule has 26 heavy (non-hydrogen) atoms. The van der Waals surface area contributed by atoms with Crippen molar-refractivity contribution >= 4 is 5.78 Å². The summed E-state index contributed by atoms with van der Waals surface area (Å²) in [6, 6.07) is 17.4. The lowest BCUT2D eigenvalue weighted by Crippen LogP contribution is -2.44. The van der Waals surface area contributed by atoms with Crippen LogP contribution in [0.5, 0.6) is 0 Å². The molecule has 2 aromatic rings. The molecule has 2 saturated heterocycles. The number of Topliss-reactive ketones (excluding diaryl/α,β-unsaturated/α-hetero) is 1. The summed E-state index contributed by atoms with van der Waals surface area (Å²) in [5.41, 5.74) is 1.43. The first kappa shape index (κ1) is 16.9. The van der Waals surface area contributed by atoms with Gasteiger partial charge in [-0.2, -0.15) is 5.26 Å². The van der Waals surface area contributed by atoms with Gasteiger partial charge < -0.3 is 0 Å². The zero-order chi connectivity index (χ0) is 18.1. The quantitative estimate of drug-likeness (QED) is 0.773. The van der Waals surface area contributed by atoms with Gasteiger partial charge in [0.05, 0.1) is 5.56 Å². The molecular formula is C22H21FN2O. The van der Waals surface area contributed by atoms with Crippen LogP contribution in [0.25, 0.3) is 0 Å². The number of hydrogen-bond acceptors (Lipinski definition) is 3. The first-order chi connectivity index (χ1) is 12.7. The maximum atomic E-state index is 13.9. The lowest BCUT2D eigenvalue weighted by atomic mass is 9.83. The highest BCUT2D eigenvalue weighted by Crippen LogP contribution is 2.41. The summed E-state index contributed by atoms with van der Waals surface area (Å²) >= 11 is 0. The van der Waals surface area contributed by atoms with Gasteiger partial charge in [-0.05, 0) is 43.4 Å². The summed E-state index contributed by atoms with van der Waals surface area (Å²) in [7, 11) is 0. The number of fused-ring (bicyclic) bond motifs is 2. The van der Waals surface area contributed by atoms with E-state index in [0.717, 1.165) is 32.2 Å². The summed E-state index contributed by atoms with van der Waals surface area (Å²) in [4.78, 5) is 15.5. The molecule has 0 saturated carbocycles. The highest BCUT2D eigenvalue weighted by molar-refractivity contribution is 6.00. The van der Waals surface area contributed by atoms with Gasteiger partial charge >= 0.3 is 0 Å². The Morgan fingerprint density at radius 2 is 1.77 bits per heavy atom. The Labute approximate surface area is 153 Å². The molecule has 3 nitrogen and oxygen atoms in total. The average Bonchev–Trinajstić information content (AvgIpc) is 2.89. The lowest BCUT2D eigenvalue weighted by Gasteiger charge is -2.38. The van der Waals surface area contributed by atoms with E-state index in [1.807, 2.05) is 12.1 Å². The minimum absolute atomic E-state index is 0.0719. The van der Waals surface area contributed by atoms with Crippen molar-refractivity contribution < 1.29 is 9.18 Å². The van der Waals surface area contributed by atoms with Crippen LogP contribution in [0.15, 0.2) is 48.5 Å². The Morgan fingerprint density at radius 1 is 1.08 bits per heavy atom. The third-order valence-electron chi connectivity index (χ3n) is 5.85. The molecule has 0 radical (unpaired) electrons. The second kappa shape index (κ2) is 7.01. The number of nitrogens with zero attached hydrogens (tertiary/aromatic N) is 2. The maximum Gasteiger partial charge on any atom is 0.167 e. The van der Waals surface area contributed by atoms with E-state index in [4.69, 9.17) is 0 Å². The number of carbonyl (C=O) groups is 1. The minimum atomic E-state index is -0.608. The predicted molar refractivity (Wildman–Crippen MR) is 97.0 cm³/mol. The fourth-order valence-electron chi connectivity index (χ4n) is 4.60. The topological polar surface area (TPSA) is 44.1 Å². The van der Waals surface area contributed by atoms with Crippen LogP contribution in [0, 0.1) is 23.1 Å². The molecule has 4 rings (SSSR count). The van der Waals surface area contributed by atoms with Gasteiger partial charge in [0.15, 0.2) is 5.78 Å². The van der Waals surface area contributed by atoms with Crippen molar-refractivity contribution in [3.05, 3.63) is 71.0 Å². The minimum Gasteiger partial charge on any atom is -0.294 e. The van der Waals surface area contributed by atoms with E-state index in [1.165, 1.54) is 17.7 Å². The molecule has 0 aromatic heterocycles. The number of rotatable bonds is 4. The third-order valence-corrected chi connectivity index (χ3v) is 5.85. The van der Waals surface area contributed by atoms with E-state index in [0.29, 0.717) is 12.1 Å². The van der Waals surface area contributed by atoms with Crippen molar-refractivity contribution in [3.63, 3.8) is 0 Å². The number of piperidine rings is 1. The number of nitriles is 1. The zero-order valence-electron chi connectivity index (χ0n) is 14.6. The first-order valence-corrected chi connectivity index (χ1v) is 9.20. The Balaban J connectivity index is 1.52. The smallest absolute Gasteiger partial charge is 0.167 e. The molecule has 2 heterocycles. The highest BCUT2D eigenvalue weighted by atomic mass is 19.1. The van der Waals surface area contributed by atoms with Gasteiger partial charge in [0.2, 0.25) is 0 Å². The zero-order valence-corrected chi connectivity index (χ0v) is 14.6. The number of halogens is 1. The molecule has 2 aromatic carbocycles. The molecule has 0 spiro atoms. The van der Waals surface area contributed by atoms with E-state index in [9.17, 15) is 14.4 Å². The number of hydrogen-bond donors (Lipinski definition) is 0. The van der Waals surface area contributed by atoms with Crippen LogP contribution in [-0.2, 0) is 6.54 Å². The molecule has 0 amide bonds. The van der Waals surface area contributed by atoms with Crippen LogP contribution < -0.4 is 0 Å². The van der Waals surface area contributed by atoms with Gasteiger partial charge in [-0.25, -0.2) is 4.39 Å². The highest BCUT2D eigenvalue weighted by Gasteiger charge is 2.43. The first-order valence-electron chi connectivity index (χ1n) is 9.20. The maximum absolute atomic E-state index is 13.9. The van der Waals surface area contributed by atoms with Crippen LogP contribution >= 0.6 is 0 Å². The summed E-state index contributed by atoms with van der Waals surface area (Å²) in [6.45, 7) is 0.917. The van der Waals surface area contributed by atoms with Crippen molar-refractivity contribution in [2.75, 3.05) is 0 Å². The summed E-state index contributed by atoms with van der Waals surface area (Å²) in [5.74, 6) is -0.798. The summed E-state index contributed by atoms with van der Waals surface area (Å²) in [6.07, 6.45) is 3.80. The summed E-state index contributed by atoms with van der Waals surface area (Å²) < 4.78 is 13.9. The van der Waals surface area contributed by atoms with Crippen molar-refractivity contribution in [1.29, 1.82) is 5.26 Å². The fourth-order valence-corrected chi connectivity index (χ4v) is 4.60. The fraction of sp³-hybridized carbons (Fsp3) is 0.364. The Kier molecular flexibility index (Phi) is 4.57. The molecule has 2 bridgehead atoms. The Morgan fingerprint density at radius 3 is 2.42 bits per heavy atom. The van der Waals surface area contributed by atoms with Crippen molar-refractivity contribution in [3.8, 4) is 6.07 Å². The van der Waals surface area contributed by atoms with Crippen LogP contribution in [0.2, 0.25) is 0 Å². The molecule has 2 aliphatic heterocycles. The van der Waals surface area contributed by atoms with Crippen LogP contribution in [-0.4, -0.2) is 22.8 Å². The molecule has 2 atom stereocenters. The molecule has 2 fully saturated rings. The number of ketones is 1. The van der Waals surface area contributed by atoms with E-state index in [2.05, 4.69) is 29.2 Å². The lowest BCUT2D eigenvalue weighted by molar-refractivity contribution is 0.0677. The molecular weight excluding hydrogens is 327 g/mol. The molecule has 2 unspecified atom stereocenters. The van der Waals surface area contributed by atoms with Gasteiger partial charge in [-0.15, -0.1) is 0 Å². The predicted octanol–water partition coefficient (Wildman–Crippen LogP) is 4.32. The van der Waals surface area contributed by atoms with Crippen molar-refractivity contribution in [1.82, 2.24) is 4.90 Å². The van der Waals surface area contributed by atoms with Crippen LogP contribution in [0.4, 0.5) is 4.39 Å². The average molecular weight is 348 g/mol. The number of carbonyl (C=O) groups excluding carboxylic acids is 1. The summed E-state index contributed by atoms with van der Waals surface area (Å²) in [5, 5.41) is 9.22. The monoisotopic (exact) mass is 348 g/mol. The normalized spacial score (nSPS) is 25.0. The Bertz CT molecular complexity index is 844. The van der Waals surface area contributed by atoms with Crippen LogP contribution in [0.1, 0.15) is 47.2 Å². The molecule has 4 heteroatoms.